The minimum atomic E-state index is -4.20. The first-order valence-electron chi connectivity index (χ1n) is 24.0. The quantitative estimate of drug-likeness (QED) is 0.0490. The maximum absolute atomic E-state index is 12.9. The molecule has 0 spiro atoms. The zero-order chi connectivity index (χ0) is 39.6. The topological polar surface area (TPSA) is 91.8 Å². The number of hydrogen-bond donors (Lipinski definition) is 1. The molecule has 0 rings (SSSR count). The number of carbonyl (C=O) groups excluding carboxylic acids is 2. The van der Waals surface area contributed by atoms with Gasteiger partial charge in [0.1, 0.15) is 0 Å². The predicted molar refractivity (Wildman–Crippen MR) is 234 cm³/mol. The van der Waals surface area contributed by atoms with Gasteiger partial charge < -0.3 is 4.90 Å². The van der Waals surface area contributed by atoms with Crippen LogP contribution in [0.15, 0.2) is 0 Å². The minimum Gasteiger partial charge on any atom is -0.334 e. The fourth-order valence-electron chi connectivity index (χ4n) is 7.72. The third kappa shape index (κ3) is 42.2. The van der Waals surface area contributed by atoms with Crippen molar-refractivity contribution in [3.05, 3.63) is 0 Å². The zero-order valence-electron chi connectivity index (χ0n) is 36.3. The average Bonchev–Trinajstić information content (AvgIpc) is 3.14. The lowest BCUT2D eigenvalue weighted by molar-refractivity contribution is -0.135. The van der Waals surface area contributed by atoms with Crippen LogP contribution in [0.4, 0.5) is 0 Å². The molecule has 6 nitrogen and oxygen atoms in total. The Labute approximate surface area is 337 Å². The number of amides is 1. The SMILES string of the molecule is CCCCCCCCCCCCCCCCCCCCCC(=O)CN(CCS(=O)(=O)O)C(=O)CCCCCCCCCCCCCCCCCCCCC. The van der Waals surface area contributed by atoms with E-state index in [0.717, 1.165) is 38.5 Å². The van der Waals surface area contributed by atoms with Crippen LogP contribution in [0.5, 0.6) is 0 Å². The van der Waals surface area contributed by atoms with Gasteiger partial charge in [0.05, 0.1) is 12.3 Å². The molecule has 1 amide bonds. The van der Waals surface area contributed by atoms with E-state index in [4.69, 9.17) is 0 Å². The van der Waals surface area contributed by atoms with Crippen LogP contribution in [0, 0.1) is 0 Å². The number of nitrogens with zero attached hydrogens (tertiary/aromatic N) is 1. The normalized spacial score (nSPS) is 11.8. The monoisotopic (exact) mass is 784 g/mol. The Bertz CT molecular complexity index is 908. The summed E-state index contributed by atoms with van der Waals surface area (Å²) in [6.45, 7) is 4.38. The molecule has 0 saturated heterocycles. The standard InChI is InChI=1S/C47H93NO5S/c1-3-5-7-9-11-13-15-17-19-21-23-25-27-29-31-33-35-37-39-41-46(49)45-48(43-44-54(51,52)53)47(50)42-40-38-36-34-32-30-28-26-24-22-20-18-16-14-12-10-8-6-4-2/h3-45H2,1-2H3,(H,51,52,53). The molecular formula is C47H93NO5S. The van der Waals surface area contributed by atoms with Crippen LogP contribution >= 0.6 is 0 Å². The molecule has 0 aromatic carbocycles. The summed E-state index contributed by atoms with van der Waals surface area (Å²) >= 11 is 0. The molecular weight excluding hydrogens is 691 g/mol. The molecule has 0 aliphatic carbocycles. The molecule has 0 aliphatic heterocycles. The highest BCUT2D eigenvalue weighted by Crippen LogP contribution is 2.17. The number of unbranched alkanes of at least 4 members (excludes halogenated alkanes) is 36. The van der Waals surface area contributed by atoms with E-state index in [9.17, 15) is 22.6 Å². The number of ketones is 1. The molecule has 0 fully saturated rings. The predicted octanol–water partition coefficient (Wildman–Crippen LogP) is 14.9. The Kier molecular flexibility index (Phi) is 40.9. The first kappa shape index (κ1) is 53.0. The highest BCUT2D eigenvalue weighted by atomic mass is 32.2. The lowest BCUT2D eigenvalue weighted by atomic mass is 10.0. The van der Waals surface area contributed by atoms with E-state index in [1.54, 1.807) is 0 Å². The third-order valence-electron chi connectivity index (χ3n) is 11.4. The molecule has 54 heavy (non-hydrogen) atoms. The molecule has 0 saturated carbocycles. The maximum atomic E-state index is 12.9. The van der Waals surface area contributed by atoms with Gasteiger partial charge in [0.25, 0.3) is 10.1 Å². The second-order valence-corrected chi connectivity index (χ2v) is 18.4. The molecule has 0 aromatic rings. The summed E-state index contributed by atoms with van der Waals surface area (Å²) < 4.78 is 32.0. The van der Waals surface area contributed by atoms with E-state index in [1.807, 2.05) is 0 Å². The van der Waals surface area contributed by atoms with Gasteiger partial charge in [0.15, 0.2) is 5.78 Å². The lowest BCUT2D eigenvalue weighted by Gasteiger charge is -2.21. The summed E-state index contributed by atoms with van der Waals surface area (Å²) in [5, 5.41) is 0. The third-order valence-corrected chi connectivity index (χ3v) is 12.1. The van der Waals surface area contributed by atoms with E-state index in [-0.39, 0.29) is 24.8 Å². The number of hydrogen-bond acceptors (Lipinski definition) is 4. The first-order chi connectivity index (χ1) is 26.3. The van der Waals surface area contributed by atoms with Gasteiger partial charge in [0.2, 0.25) is 5.91 Å². The summed E-state index contributed by atoms with van der Waals surface area (Å²) in [6.07, 6.45) is 50.3. The highest BCUT2D eigenvalue weighted by molar-refractivity contribution is 7.85. The van der Waals surface area contributed by atoms with Gasteiger partial charge in [-0.2, -0.15) is 8.42 Å². The van der Waals surface area contributed by atoms with Gasteiger partial charge >= 0.3 is 0 Å². The van der Waals surface area contributed by atoms with Gasteiger partial charge in [-0.15, -0.1) is 0 Å². The molecule has 0 heterocycles. The fourth-order valence-corrected chi connectivity index (χ4v) is 8.17. The number of Topliss-reactive ketones (excluding diaryl/α,β-unsaturated/α-hetero) is 1. The van der Waals surface area contributed by atoms with Crippen molar-refractivity contribution in [2.75, 3.05) is 18.8 Å². The van der Waals surface area contributed by atoms with E-state index in [1.165, 1.54) is 210 Å². The molecule has 0 aliphatic rings. The number of rotatable bonds is 45. The van der Waals surface area contributed by atoms with Gasteiger partial charge in [-0.1, -0.05) is 245 Å². The van der Waals surface area contributed by atoms with Crippen LogP contribution in [-0.4, -0.2) is 48.4 Å². The second-order valence-electron chi connectivity index (χ2n) is 16.9. The van der Waals surface area contributed by atoms with Crippen LogP contribution < -0.4 is 0 Å². The summed E-state index contributed by atoms with van der Waals surface area (Å²) in [5.41, 5.74) is 0. The zero-order valence-corrected chi connectivity index (χ0v) is 37.2. The largest absolute Gasteiger partial charge is 0.334 e. The maximum Gasteiger partial charge on any atom is 0.266 e. The van der Waals surface area contributed by atoms with Crippen molar-refractivity contribution in [1.82, 2.24) is 4.90 Å². The molecule has 0 atom stereocenters. The molecule has 322 valence electrons. The Balaban J connectivity index is 3.81. The van der Waals surface area contributed by atoms with Crippen molar-refractivity contribution >= 4 is 21.8 Å². The Morgan fingerprint density at radius 1 is 0.389 bits per heavy atom. The molecule has 1 N–H and O–H groups in total. The van der Waals surface area contributed by atoms with Crippen molar-refractivity contribution in [2.24, 2.45) is 0 Å². The van der Waals surface area contributed by atoms with Crippen LogP contribution in [-0.2, 0) is 19.7 Å². The fraction of sp³-hybridized carbons (Fsp3) is 0.957. The van der Waals surface area contributed by atoms with Crippen molar-refractivity contribution in [3.8, 4) is 0 Å². The van der Waals surface area contributed by atoms with Crippen LogP contribution in [0.3, 0.4) is 0 Å². The van der Waals surface area contributed by atoms with Crippen molar-refractivity contribution in [2.45, 2.75) is 271 Å². The lowest BCUT2D eigenvalue weighted by Crippen LogP contribution is -2.38. The van der Waals surface area contributed by atoms with E-state index < -0.39 is 15.9 Å². The van der Waals surface area contributed by atoms with E-state index in [0.29, 0.717) is 12.8 Å². The molecule has 0 unspecified atom stereocenters. The Morgan fingerprint density at radius 2 is 0.630 bits per heavy atom. The summed E-state index contributed by atoms with van der Waals surface area (Å²) in [6, 6.07) is 0. The second kappa shape index (κ2) is 41.7. The van der Waals surface area contributed by atoms with Crippen molar-refractivity contribution in [3.63, 3.8) is 0 Å². The van der Waals surface area contributed by atoms with Gasteiger partial charge in [-0.05, 0) is 12.8 Å². The van der Waals surface area contributed by atoms with Gasteiger partial charge in [0, 0.05) is 19.4 Å². The summed E-state index contributed by atoms with van der Waals surface area (Å²) in [4.78, 5) is 27.0. The highest BCUT2D eigenvalue weighted by Gasteiger charge is 2.19. The molecule has 7 heteroatoms. The minimum absolute atomic E-state index is 0.0150. The van der Waals surface area contributed by atoms with E-state index >= 15 is 0 Å². The van der Waals surface area contributed by atoms with Crippen LogP contribution in [0.2, 0.25) is 0 Å². The Hall–Kier alpha value is -0.950. The number of carbonyl (C=O) groups is 2. The first-order valence-corrected chi connectivity index (χ1v) is 25.7. The average molecular weight is 784 g/mol. The van der Waals surface area contributed by atoms with Gasteiger partial charge in [-0.25, -0.2) is 0 Å². The molecule has 0 bridgehead atoms. The smallest absolute Gasteiger partial charge is 0.266 e. The van der Waals surface area contributed by atoms with Crippen LogP contribution in [0.1, 0.15) is 271 Å². The van der Waals surface area contributed by atoms with E-state index in [2.05, 4.69) is 13.8 Å². The summed E-state index contributed by atoms with van der Waals surface area (Å²) in [7, 11) is -4.20. The van der Waals surface area contributed by atoms with Crippen molar-refractivity contribution < 1.29 is 22.6 Å². The summed E-state index contributed by atoms with van der Waals surface area (Å²) in [5.74, 6) is -0.712. The molecule has 0 radical (unpaired) electrons. The van der Waals surface area contributed by atoms with Gasteiger partial charge in [-0.3, -0.25) is 14.1 Å². The van der Waals surface area contributed by atoms with Crippen molar-refractivity contribution in [1.29, 1.82) is 0 Å². The Morgan fingerprint density at radius 3 is 0.889 bits per heavy atom. The van der Waals surface area contributed by atoms with Crippen LogP contribution in [0.25, 0.3) is 0 Å². The molecule has 0 aromatic heterocycles.